The molecule has 19 heavy (non-hydrogen) atoms. The van der Waals surface area contributed by atoms with Crippen molar-refractivity contribution in [1.29, 1.82) is 0 Å². The number of pyridine rings is 1. The first-order valence-electron chi connectivity index (χ1n) is 6.00. The van der Waals surface area contributed by atoms with Crippen LogP contribution in [-0.2, 0) is 0 Å². The zero-order valence-corrected chi connectivity index (χ0v) is 10.00. The van der Waals surface area contributed by atoms with Gasteiger partial charge in [-0.2, -0.15) is 4.98 Å². The Morgan fingerprint density at radius 1 is 0.947 bits per heavy atom. The molecule has 0 saturated heterocycles. The Kier molecular flexibility index (Phi) is 2.17. The monoisotopic (exact) mass is 254 g/mol. The van der Waals surface area contributed by atoms with Gasteiger partial charge >= 0.3 is 0 Å². The Bertz CT molecular complexity index is 751. The summed E-state index contributed by atoms with van der Waals surface area (Å²) in [5, 5.41) is 0. The molecule has 0 saturated carbocycles. The van der Waals surface area contributed by atoms with Gasteiger partial charge in [0, 0.05) is 5.56 Å². The van der Waals surface area contributed by atoms with Crippen LogP contribution in [0, 0.1) is 0 Å². The second-order valence-corrected chi connectivity index (χ2v) is 4.23. The predicted octanol–water partition coefficient (Wildman–Crippen LogP) is 2.66. The Morgan fingerprint density at radius 3 is 2.79 bits per heavy atom. The first-order valence-corrected chi connectivity index (χ1v) is 6.00. The van der Waals surface area contributed by atoms with E-state index in [0.29, 0.717) is 24.4 Å². The zero-order valence-electron chi connectivity index (χ0n) is 10.00. The van der Waals surface area contributed by atoms with Crippen molar-refractivity contribution in [3.8, 4) is 22.8 Å². The minimum Gasteiger partial charge on any atom is -0.486 e. The quantitative estimate of drug-likeness (QED) is 0.668. The lowest BCUT2D eigenvalue weighted by molar-refractivity contribution is 0.171. The summed E-state index contributed by atoms with van der Waals surface area (Å²) >= 11 is 0. The number of hydrogen-bond acceptors (Lipinski definition) is 5. The van der Waals surface area contributed by atoms with E-state index in [4.69, 9.17) is 13.9 Å². The molecule has 3 aromatic rings. The summed E-state index contributed by atoms with van der Waals surface area (Å²) in [7, 11) is 0. The second kappa shape index (κ2) is 3.98. The van der Waals surface area contributed by atoms with Crippen molar-refractivity contribution in [1.82, 2.24) is 9.97 Å². The molecular formula is C14H10N2O3. The largest absolute Gasteiger partial charge is 0.486 e. The number of aromatic nitrogens is 2. The van der Waals surface area contributed by atoms with E-state index in [1.54, 1.807) is 0 Å². The van der Waals surface area contributed by atoms with Crippen LogP contribution in [0.5, 0.6) is 11.5 Å². The topological polar surface area (TPSA) is 57.4 Å². The molecule has 5 nitrogen and oxygen atoms in total. The molecule has 0 spiro atoms. The van der Waals surface area contributed by atoms with Crippen LogP contribution in [0.2, 0.25) is 0 Å². The van der Waals surface area contributed by atoms with E-state index in [9.17, 15) is 0 Å². The van der Waals surface area contributed by atoms with Crippen LogP contribution < -0.4 is 9.47 Å². The number of oxazole rings is 1. The molecule has 4 rings (SSSR count). The minimum absolute atomic E-state index is 0.576. The first kappa shape index (κ1) is 10.4. The van der Waals surface area contributed by atoms with Gasteiger partial charge in [-0.05, 0) is 30.3 Å². The van der Waals surface area contributed by atoms with Crippen molar-refractivity contribution in [2.75, 3.05) is 13.2 Å². The van der Waals surface area contributed by atoms with Crippen LogP contribution in [0.4, 0.5) is 0 Å². The molecule has 1 aliphatic rings. The Balaban J connectivity index is 1.82. The lowest BCUT2D eigenvalue weighted by Gasteiger charge is -2.18. The molecule has 5 heteroatoms. The molecule has 0 atom stereocenters. The number of hydrogen-bond donors (Lipinski definition) is 0. The molecule has 0 radical (unpaired) electrons. The minimum atomic E-state index is 0.576. The number of nitrogens with zero attached hydrogens (tertiary/aromatic N) is 2. The van der Waals surface area contributed by atoms with Gasteiger partial charge in [-0.3, -0.25) is 0 Å². The smallest absolute Gasteiger partial charge is 0.199 e. The fourth-order valence-electron chi connectivity index (χ4n) is 2.12. The summed E-state index contributed by atoms with van der Waals surface area (Å²) in [5.74, 6) is 1.53. The molecule has 94 valence electrons. The highest BCUT2D eigenvalue weighted by Crippen LogP contribution is 2.34. The molecule has 1 aromatic carbocycles. The van der Waals surface area contributed by atoms with E-state index in [2.05, 4.69) is 9.97 Å². The number of ether oxygens (including phenoxy) is 2. The van der Waals surface area contributed by atoms with Crippen LogP contribution in [0.15, 0.2) is 41.1 Å². The third kappa shape index (κ3) is 1.71. The van der Waals surface area contributed by atoms with Crippen molar-refractivity contribution in [3.05, 3.63) is 36.7 Å². The fourth-order valence-corrected chi connectivity index (χ4v) is 2.12. The van der Waals surface area contributed by atoms with Crippen molar-refractivity contribution in [3.63, 3.8) is 0 Å². The standard InChI is InChI=1S/C14H10N2O3/c1-3-11-13(18-6-5-17-11)7-9(1)10-2-4-12-14(16-10)15-8-19-12/h1-4,7-8H,5-6H2. The fraction of sp³-hybridized carbons (Fsp3) is 0.143. The molecule has 0 aliphatic carbocycles. The molecule has 1 aliphatic heterocycles. The highest BCUT2D eigenvalue weighted by molar-refractivity contribution is 5.74. The van der Waals surface area contributed by atoms with Gasteiger partial charge in [0.2, 0.25) is 0 Å². The number of fused-ring (bicyclic) bond motifs is 2. The van der Waals surface area contributed by atoms with Crippen LogP contribution in [0.3, 0.4) is 0 Å². The molecular weight excluding hydrogens is 244 g/mol. The summed E-state index contributed by atoms with van der Waals surface area (Å²) in [6.07, 6.45) is 1.39. The van der Waals surface area contributed by atoms with E-state index >= 15 is 0 Å². The molecule has 0 N–H and O–H groups in total. The number of rotatable bonds is 1. The van der Waals surface area contributed by atoms with E-state index in [-0.39, 0.29) is 0 Å². The maximum absolute atomic E-state index is 5.57. The molecule has 0 bridgehead atoms. The summed E-state index contributed by atoms with van der Waals surface area (Å²) in [5.41, 5.74) is 3.08. The molecule has 0 unspecified atom stereocenters. The van der Waals surface area contributed by atoms with Crippen LogP contribution in [0.25, 0.3) is 22.5 Å². The van der Waals surface area contributed by atoms with Gasteiger partial charge in [0.1, 0.15) is 13.2 Å². The SMILES string of the molecule is c1nc2nc(-c3ccc4c(c3)OCCO4)ccc2o1. The van der Waals surface area contributed by atoms with Gasteiger partial charge < -0.3 is 13.9 Å². The van der Waals surface area contributed by atoms with Gasteiger partial charge in [-0.25, -0.2) is 4.98 Å². The maximum atomic E-state index is 5.57. The van der Waals surface area contributed by atoms with Gasteiger partial charge in [0.05, 0.1) is 5.69 Å². The Labute approximate surface area is 108 Å². The zero-order chi connectivity index (χ0) is 12.7. The normalized spacial score (nSPS) is 13.7. The lowest BCUT2D eigenvalue weighted by atomic mass is 10.1. The highest BCUT2D eigenvalue weighted by Gasteiger charge is 2.13. The van der Waals surface area contributed by atoms with Gasteiger partial charge in [0.25, 0.3) is 0 Å². The second-order valence-electron chi connectivity index (χ2n) is 4.23. The molecule has 2 aromatic heterocycles. The van der Waals surface area contributed by atoms with E-state index < -0.39 is 0 Å². The Hall–Kier alpha value is -2.56. The summed E-state index contributed by atoms with van der Waals surface area (Å²) < 4.78 is 16.3. The van der Waals surface area contributed by atoms with E-state index in [1.165, 1.54) is 6.39 Å². The van der Waals surface area contributed by atoms with E-state index in [0.717, 1.165) is 22.8 Å². The number of benzene rings is 1. The molecule has 0 fully saturated rings. The van der Waals surface area contributed by atoms with Gasteiger partial charge in [-0.15, -0.1) is 0 Å². The third-order valence-corrected chi connectivity index (χ3v) is 3.03. The summed E-state index contributed by atoms with van der Waals surface area (Å²) in [6, 6.07) is 9.56. The van der Waals surface area contributed by atoms with Crippen LogP contribution in [-0.4, -0.2) is 23.2 Å². The summed E-state index contributed by atoms with van der Waals surface area (Å²) in [6.45, 7) is 1.17. The third-order valence-electron chi connectivity index (χ3n) is 3.03. The molecule has 0 amide bonds. The van der Waals surface area contributed by atoms with Gasteiger partial charge in [-0.1, -0.05) is 0 Å². The van der Waals surface area contributed by atoms with Gasteiger partial charge in [0.15, 0.2) is 29.1 Å². The van der Waals surface area contributed by atoms with Crippen LogP contribution in [0.1, 0.15) is 0 Å². The average molecular weight is 254 g/mol. The Morgan fingerprint density at radius 2 is 1.84 bits per heavy atom. The summed E-state index contributed by atoms with van der Waals surface area (Å²) in [4.78, 5) is 8.51. The van der Waals surface area contributed by atoms with E-state index in [1.807, 2.05) is 30.3 Å². The lowest BCUT2D eigenvalue weighted by Crippen LogP contribution is -2.15. The average Bonchev–Trinajstić information content (AvgIpc) is 2.94. The first-order chi connectivity index (χ1) is 9.40. The van der Waals surface area contributed by atoms with Crippen molar-refractivity contribution in [2.45, 2.75) is 0 Å². The van der Waals surface area contributed by atoms with Crippen LogP contribution >= 0.6 is 0 Å². The van der Waals surface area contributed by atoms with Crippen molar-refractivity contribution >= 4 is 11.2 Å². The molecule has 3 heterocycles. The van der Waals surface area contributed by atoms with Crippen molar-refractivity contribution in [2.24, 2.45) is 0 Å². The predicted molar refractivity (Wildman–Crippen MR) is 68.2 cm³/mol. The van der Waals surface area contributed by atoms with Crippen molar-refractivity contribution < 1.29 is 13.9 Å². The maximum Gasteiger partial charge on any atom is 0.199 e. The highest BCUT2D eigenvalue weighted by atomic mass is 16.6.